The Hall–Kier alpha value is -0.450. The van der Waals surface area contributed by atoms with Crippen molar-refractivity contribution in [2.75, 3.05) is 39.3 Å². The molecule has 0 aromatic carbocycles. The van der Waals surface area contributed by atoms with Crippen molar-refractivity contribution in [2.45, 2.75) is 25.4 Å². The van der Waals surface area contributed by atoms with Crippen molar-refractivity contribution in [1.82, 2.24) is 15.1 Å². The number of likely N-dealkylation sites (tertiary alicyclic amines) is 1. The van der Waals surface area contributed by atoms with Crippen molar-refractivity contribution < 1.29 is 4.79 Å². The first kappa shape index (κ1) is 11.0. The summed E-state index contributed by atoms with van der Waals surface area (Å²) in [7, 11) is 0. The van der Waals surface area contributed by atoms with E-state index in [-0.39, 0.29) is 0 Å². The van der Waals surface area contributed by atoms with E-state index >= 15 is 0 Å². The molecule has 2 aliphatic rings. The van der Waals surface area contributed by atoms with Crippen LogP contribution in [0.15, 0.2) is 0 Å². The van der Waals surface area contributed by atoms with Crippen LogP contribution in [0.5, 0.6) is 0 Å². The average Bonchev–Trinajstić information content (AvgIpc) is 2.31. The summed E-state index contributed by atoms with van der Waals surface area (Å²) in [5, 5.41) is 3.37. The van der Waals surface area contributed by atoms with E-state index in [9.17, 15) is 4.79 Å². The zero-order valence-electron chi connectivity index (χ0n) is 9.32. The van der Waals surface area contributed by atoms with Crippen molar-refractivity contribution in [3.8, 4) is 0 Å². The van der Waals surface area contributed by atoms with Crippen LogP contribution in [0.1, 0.15) is 19.3 Å². The van der Waals surface area contributed by atoms with Crippen LogP contribution in [0, 0.1) is 0 Å². The van der Waals surface area contributed by atoms with Gasteiger partial charge in [0.25, 0.3) is 0 Å². The number of nitrogens with one attached hydrogen (secondary N) is 1. The SMILES string of the molecule is O=CCN1CCCCC1N1CCNCC1. The molecule has 0 radical (unpaired) electrons. The molecule has 0 spiro atoms. The number of piperazine rings is 1. The minimum atomic E-state index is 0.519. The first-order chi connectivity index (χ1) is 7.42. The number of aldehydes is 1. The Balaban J connectivity index is 1.93. The van der Waals surface area contributed by atoms with Gasteiger partial charge in [-0.2, -0.15) is 0 Å². The average molecular weight is 211 g/mol. The van der Waals surface area contributed by atoms with Gasteiger partial charge in [-0.25, -0.2) is 0 Å². The van der Waals surface area contributed by atoms with E-state index < -0.39 is 0 Å². The van der Waals surface area contributed by atoms with E-state index in [0.29, 0.717) is 12.7 Å². The maximum atomic E-state index is 10.6. The molecule has 4 heteroatoms. The standard InChI is InChI=1S/C11H21N3O/c15-10-9-13-6-2-1-3-11(13)14-7-4-12-5-8-14/h10-12H,1-9H2. The molecular weight excluding hydrogens is 190 g/mol. The molecule has 0 aromatic heterocycles. The monoisotopic (exact) mass is 211 g/mol. The maximum Gasteiger partial charge on any atom is 0.134 e. The number of hydrogen-bond acceptors (Lipinski definition) is 4. The van der Waals surface area contributed by atoms with E-state index in [4.69, 9.17) is 0 Å². The molecule has 2 saturated heterocycles. The van der Waals surface area contributed by atoms with E-state index in [1.54, 1.807) is 0 Å². The molecule has 0 saturated carbocycles. The first-order valence-corrected chi connectivity index (χ1v) is 6.04. The number of nitrogens with zero attached hydrogens (tertiary/aromatic N) is 2. The van der Waals surface area contributed by atoms with E-state index in [1.165, 1.54) is 19.3 Å². The van der Waals surface area contributed by atoms with E-state index in [0.717, 1.165) is 39.0 Å². The van der Waals surface area contributed by atoms with Gasteiger partial charge in [0.1, 0.15) is 6.29 Å². The normalized spacial score (nSPS) is 30.3. The Labute approximate surface area is 91.6 Å². The summed E-state index contributed by atoms with van der Waals surface area (Å²) >= 11 is 0. The van der Waals surface area contributed by atoms with Crippen LogP contribution in [-0.2, 0) is 4.79 Å². The fraction of sp³-hybridized carbons (Fsp3) is 0.909. The minimum Gasteiger partial charge on any atom is -0.314 e. The Morgan fingerprint density at radius 1 is 1.20 bits per heavy atom. The lowest BCUT2D eigenvalue weighted by atomic mass is 10.1. The zero-order valence-corrected chi connectivity index (χ0v) is 9.32. The molecule has 4 nitrogen and oxygen atoms in total. The molecule has 0 aromatic rings. The van der Waals surface area contributed by atoms with Gasteiger partial charge >= 0.3 is 0 Å². The van der Waals surface area contributed by atoms with E-state index in [2.05, 4.69) is 15.1 Å². The van der Waals surface area contributed by atoms with Crippen LogP contribution < -0.4 is 5.32 Å². The van der Waals surface area contributed by atoms with Crippen molar-refractivity contribution >= 4 is 6.29 Å². The van der Waals surface area contributed by atoms with Gasteiger partial charge in [0.15, 0.2) is 0 Å². The molecule has 2 fully saturated rings. The van der Waals surface area contributed by atoms with Crippen LogP contribution in [0.2, 0.25) is 0 Å². The Bertz CT molecular complexity index is 204. The minimum absolute atomic E-state index is 0.519. The maximum absolute atomic E-state index is 10.6. The van der Waals surface area contributed by atoms with Crippen molar-refractivity contribution in [2.24, 2.45) is 0 Å². The van der Waals surface area contributed by atoms with Gasteiger partial charge in [0, 0.05) is 32.7 Å². The van der Waals surface area contributed by atoms with Crippen LogP contribution in [-0.4, -0.2) is 61.5 Å². The molecule has 86 valence electrons. The second-order valence-electron chi connectivity index (χ2n) is 4.42. The first-order valence-electron chi connectivity index (χ1n) is 6.04. The largest absolute Gasteiger partial charge is 0.314 e. The molecule has 15 heavy (non-hydrogen) atoms. The highest BCUT2D eigenvalue weighted by molar-refractivity contribution is 5.52. The third-order valence-corrected chi connectivity index (χ3v) is 3.46. The summed E-state index contributed by atoms with van der Waals surface area (Å²) in [6, 6.07) is 0. The zero-order chi connectivity index (χ0) is 10.5. The summed E-state index contributed by atoms with van der Waals surface area (Å²) < 4.78 is 0. The predicted molar refractivity (Wildman–Crippen MR) is 59.7 cm³/mol. The second-order valence-corrected chi connectivity index (χ2v) is 4.42. The lowest BCUT2D eigenvalue weighted by Gasteiger charge is -2.43. The Morgan fingerprint density at radius 2 is 2.00 bits per heavy atom. The summed E-state index contributed by atoms with van der Waals surface area (Å²) in [5.41, 5.74) is 0. The van der Waals surface area contributed by atoms with Gasteiger partial charge in [-0.05, 0) is 19.3 Å². The lowest BCUT2D eigenvalue weighted by Crippen LogP contribution is -2.56. The van der Waals surface area contributed by atoms with Gasteiger partial charge in [-0.15, -0.1) is 0 Å². The van der Waals surface area contributed by atoms with Crippen molar-refractivity contribution in [3.05, 3.63) is 0 Å². The predicted octanol–water partition coefficient (Wildman–Crippen LogP) is -0.0975. The molecule has 2 heterocycles. The van der Waals surface area contributed by atoms with Crippen molar-refractivity contribution in [1.29, 1.82) is 0 Å². The fourth-order valence-electron chi connectivity index (χ4n) is 2.68. The van der Waals surface area contributed by atoms with Gasteiger partial charge < -0.3 is 10.1 Å². The van der Waals surface area contributed by atoms with Crippen LogP contribution in [0.3, 0.4) is 0 Å². The molecule has 1 unspecified atom stereocenters. The molecule has 0 aliphatic carbocycles. The lowest BCUT2D eigenvalue weighted by molar-refractivity contribution is -0.111. The Morgan fingerprint density at radius 3 is 2.73 bits per heavy atom. The summed E-state index contributed by atoms with van der Waals surface area (Å²) in [6.07, 6.45) is 5.35. The van der Waals surface area contributed by atoms with Gasteiger partial charge in [-0.3, -0.25) is 9.80 Å². The highest BCUT2D eigenvalue weighted by Crippen LogP contribution is 2.19. The molecule has 0 bridgehead atoms. The molecule has 1 atom stereocenters. The van der Waals surface area contributed by atoms with Crippen molar-refractivity contribution in [3.63, 3.8) is 0 Å². The van der Waals surface area contributed by atoms with Gasteiger partial charge in [-0.1, -0.05) is 0 Å². The quantitative estimate of drug-likeness (QED) is 0.661. The number of piperidine rings is 1. The Kier molecular flexibility index (Phi) is 4.11. The van der Waals surface area contributed by atoms with Crippen LogP contribution in [0.25, 0.3) is 0 Å². The number of hydrogen-bond donors (Lipinski definition) is 1. The topological polar surface area (TPSA) is 35.6 Å². The van der Waals surface area contributed by atoms with Crippen LogP contribution in [0.4, 0.5) is 0 Å². The summed E-state index contributed by atoms with van der Waals surface area (Å²) in [4.78, 5) is 15.5. The fourth-order valence-corrected chi connectivity index (χ4v) is 2.68. The third-order valence-electron chi connectivity index (χ3n) is 3.46. The second kappa shape index (κ2) is 5.58. The number of rotatable bonds is 3. The van der Waals surface area contributed by atoms with Crippen LogP contribution >= 0.6 is 0 Å². The molecule has 2 rings (SSSR count). The third kappa shape index (κ3) is 2.77. The molecule has 1 N–H and O–H groups in total. The molecule has 0 amide bonds. The highest BCUT2D eigenvalue weighted by atomic mass is 16.1. The summed E-state index contributed by atoms with van der Waals surface area (Å²) in [6.45, 7) is 6.12. The van der Waals surface area contributed by atoms with Gasteiger partial charge in [0.2, 0.25) is 0 Å². The smallest absolute Gasteiger partial charge is 0.134 e. The molecular formula is C11H21N3O. The number of carbonyl (C=O) groups excluding carboxylic acids is 1. The van der Waals surface area contributed by atoms with E-state index in [1.807, 2.05) is 0 Å². The van der Waals surface area contributed by atoms with Gasteiger partial charge in [0.05, 0.1) is 12.7 Å². The summed E-state index contributed by atoms with van der Waals surface area (Å²) in [5.74, 6) is 0. The number of carbonyl (C=O) groups is 1. The molecule has 2 aliphatic heterocycles. The highest BCUT2D eigenvalue weighted by Gasteiger charge is 2.28.